The lowest BCUT2D eigenvalue weighted by Crippen LogP contribution is -2.48. The van der Waals surface area contributed by atoms with E-state index >= 15 is 0 Å². The fourth-order valence-corrected chi connectivity index (χ4v) is 4.99. The third-order valence-corrected chi connectivity index (χ3v) is 7.22. The van der Waals surface area contributed by atoms with Gasteiger partial charge in [0.15, 0.2) is 0 Å². The van der Waals surface area contributed by atoms with Crippen LogP contribution in [0.2, 0.25) is 0 Å². The van der Waals surface area contributed by atoms with Gasteiger partial charge in [-0.1, -0.05) is 18.2 Å². The molecule has 0 radical (unpaired) electrons. The minimum absolute atomic E-state index is 0.00361. The summed E-state index contributed by atoms with van der Waals surface area (Å²) in [7, 11) is 1.76. The molecule has 0 aliphatic carbocycles. The van der Waals surface area contributed by atoms with Crippen molar-refractivity contribution in [2.24, 2.45) is 7.05 Å². The zero-order chi connectivity index (χ0) is 25.4. The van der Waals surface area contributed by atoms with Crippen LogP contribution >= 0.6 is 0 Å². The number of nitro groups is 1. The molecule has 184 valence electrons. The Kier molecular flexibility index (Phi) is 6.33. The Bertz CT molecular complexity index is 1470. The molecule has 4 aromatic rings. The van der Waals surface area contributed by atoms with Crippen molar-refractivity contribution in [3.05, 3.63) is 93.3 Å². The average molecular weight is 483 g/mol. The summed E-state index contributed by atoms with van der Waals surface area (Å²) in [4.78, 5) is 28.5. The summed E-state index contributed by atoms with van der Waals surface area (Å²) in [5, 5.41) is 11.9. The number of benzene rings is 3. The van der Waals surface area contributed by atoms with Crippen LogP contribution in [0.1, 0.15) is 13.8 Å². The van der Waals surface area contributed by atoms with Crippen molar-refractivity contribution in [2.45, 2.75) is 19.9 Å². The quantitative estimate of drug-likeness (QED) is 0.285. The maximum atomic E-state index is 13.0. The summed E-state index contributed by atoms with van der Waals surface area (Å²) in [6.07, 6.45) is 0. The molecule has 0 atom stereocenters. The molecular formula is C29H30N4O3. The second-order valence-corrected chi connectivity index (χ2v) is 9.66. The van der Waals surface area contributed by atoms with E-state index in [0.717, 1.165) is 48.2 Å². The molecule has 0 unspecified atom stereocenters. The smallest absolute Gasteiger partial charge is 0.269 e. The van der Waals surface area contributed by atoms with Crippen molar-refractivity contribution in [3.63, 3.8) is 0 Å². The average Bonchev–Trinajstić information content (AvgIpc) is 2.90. The predicted molar refractivity (Wildman–Crippen MR) is 146 cm³/mol. The van der Waals surface area contributed by atoms with E-state index in [1.165, 1.54) is 17.8 Å². The molecule has 0 spiro atoms. The number of nitrogens with zero attached hydrogens (tertiary/aromatic N) is 4. The van der Waals surface area contributed by atoms with Gasteiger partial charge in [-0.05, 0) is 78.4 Å². The van der Waals surface area contributed by atoms with E-state index in [4.69, 9.17) is 0 Å². The summed E-state index contributed by atoms with van der Waals surface area (Å²) in [6.45, 7) is 8.74. The zero-order valence-corrected chi connectivity index (χ0v) is 20.8. The molecule has 1 aromatic heterocycles. The standard InChI is InChI=1S/C29H30N4O3/c1-20(2)31-14-16-32(17-15-31)25-9-4-21(5-10-25)23-8-13-28-24(18-23)19-27(29(34)30(28)3)22-6-11-26(12-7-22)33(35)36/h4-13,18-20H,14-17H2,1-3H3. The highest BCUT2D eigenvalue weighted by molar-refractivity contribution is 5.88. The van der Waals surface area contributed by atoms with Crippen molar-refractivity contribution >= 4 is 22.3 Å². The van der Waals surface area contributed by atoms with Crippen LogP contribution in [0.25, 0.3) is 33.2 Å². The highest BCUT2D eigenvalue weighted by atomic mass is 16.6. The van der Waals surface area contributed by atoms with Crippen LogP contribution in [0.3, 0.4) is 0 Å². The fraction of sp³-hybridized carbons (Fsp3) is 0.276. The minimum atomic E-state index is -0.439. The van der Waals surface area contributed by atoms with E-state index < -0.39 is 4.92 Å². The number of rotatable bonds is 5. The third kappa shape index (κ3) is 4.50. The van der Waals surface area contributed by atoms with Gasteiger partial charge in [-0.25, -0.2) is 0 Å². The van der Waals surface area contributed by atoms with Crippen LogP contribution in [-0.4, -0.2) is 46.6 Å². The summed E-state index contributed by atoms with van der Waals surface area (Å²) in [5.41, 5.74) is 5.33. The minimum Gasteiger partial charge on any atom is -0.369 e. The molecule has 2 heterocycles. The number of piperazine rings is 1. The van der Waals surface area contributed by atoms with E-state index in [1.54, 1.807) is 23.7 Å². The van der Waals surface area contributed by atoms with Crippen molar-refractivity contribution in [1.29, 1.82) is 0 Å². The van der Waals surface area contributed by atoms with Crippen LogP contribution in [0.15, 0.2) is 77.6 Å². The monoisotopic (exact) mass is 482 g/mol. The Morgan fingerprint density at radius 1 is 0.806 bits per heavy atom. The first kappa shape index (κ1) is 23.8. The zero-order valence-electron chi connectivity index (χ0n) is 20.8. The molecule has 1 aliphatic heterocycles. The highest BCUT2D eigenvalue weighted by Gasteiger charge is 2.19. The molecule has 1 aliphatic rings. The Hall–Kier alpha value is -3.97. The van der Waals surface area contributed by atoms with E-state index in [1.807, 2.05) is 18.2 Å². The lowest BCUT2D eigenvalue weighted by molar-refractivity contribution is -0.384. The van der Waals surface area contributed by atoms with E-state index in [2.05, 4.69) is 54.0 Å². The molecule has 0 amide bonds. The topological polar surface area (TPSA) is 71.6 Å². The van der Waals surface area contributed by atoms with Crippen LogP contribution in [0.4, 0.5) is 11.4 Å². The fourth-order valence-electron chi connectivity index (χ4n) is 4.99. The molecule has 1 fully saturated rings. The van der Waals surface area contributed by atoms with Gasteiger partial charge in [-0.3, -0.25) is 19.8 Å². The van der Waals surface area contributed by atoms with Crippen molar-refractivity contribution < 1.29 is 4.92 Å². The molecule has 36 heavy (non-hydrogen) atoms. The van der Waals surface area contributed by atoms with Gasteiger partial charge in [0.05, 0.1) is 10.4 Å². The van der Waals surface area contributed by atoms with E-state index in [9.17, 15) is 14.9 Å². The normalized spacial score (nSPS) is 14.5. The summed E-state index contributed by atoms with van der Waals surface area (Å²) in [6, 6.07) is 23.4. The summed E-state index contributed by atoms with van der Waals surface area (Å²) >= 11 is 0. The number of non-ortho nitro benzene ring substituents is 1. The van der Waals surface area contributed by atoms with Crippen molar-refractivity contribution in [3.8, 4) is 22.3 Å². The van der Waals surface area contributed by atoms with Crippen LogP contribution in [0, 0.1) is 10.1 Å². The molecule has 7 heteroatoms. The Morgan fingerprint density at radius 2 is 1.42 bits per heavy atom. The molecule has 0 saturated carbocycles. The highest BCUT2D eigenvalue weighted by Crippen LogP contribution is 2.29. The largest absolute Gasteiger partial charge is 0.369 e. The number of aromatic nitrogens is 1. The van der Waals surface area contributed by atoms with Gasteiger partial charge >= 0.3 is 0 Å². The lowest BCUT2D eigenvalue weighted by Gasteiger charge is -2.38. The number of fused-ring (bicyclic) bond motifs is 1. The van der Waals surface area contributed by atoms with Crippen molar-refractivity contribution in [2.75, 3.05) is 31.1 Å². The molecule has 5 rings (SSSR count). The van der Waals surface area contributed by atoms with Crippen LogP contribution in [-0.2, 0) is 7.05 Å². The van der Waals surface area contributed by atoms with Gasteiger partial charge in [0.25, 0.3) is 11.2 Å². The number of hydrogen-bond donors (Lipinski definition) is 0. The number of nitro benzene ring substituents is 1. The van der Waals surface area contributed by atoms with Crippen molar-refractivity contribution in [1.82, 2.24) is 9.47 Å². The van der Waals surface area contributed by atoms with Gasteiger partial charge in [0.2, 0.25) is 0 Å². The van der Waals surface area contributed by atoms with E-state index in [0.29, 0.717) is 17.2 Å². The SMILES string of the molecule is CC(C)N1CCN(c2ccc(-c3ccc4c(c3)cc(-c3ccc([N+](=O)[O-])cc3)c(=O)n4C)cc2)CC1. The number of anilines is 1. The third-order valence-electron chi connectivity index (χ3n) is 7.22. The summed E-state index contributed by atoms with van der Waals surface area (Å²) in [5.74, 6) is 0. The Morgan fingerprint density at radius 3 is 2.03 bits per heavy atom. The maximum Gasteiger partial charge on any atom is 0.269 e. The number of pyridine rings is 1. The Labute approximate surface area is 210 Å². The second kappa shape index (κ2) is 9.59. The molecule has 3 aromatic carbocycles. The van der Waals surface area contributed by atoms with Crippen LogP contribution in [0.5, 0.6) is 0 Å². The van der Waals surface area contributed by atoms with Gasteiger partial charge < -0.3 is 9.47 Å². The van der Waals surface area contributed by atoms with Gasteiger partial charge in [0, 0.05) is 62.7 Å². The van der Waals surface area contributed by atoms with E-state index in [-0.39, 0.29) is 11.2 Å². The number of aryl methyl sites for hydroxylation is 1. The van der Waals surface area contributed by atoms with Gasteiger partial charge in [-0.2, -0.15) is 0 Å². The first-order chi connectivity index (χ1) is 17.3. The molecule has 0 bridgehead atoms. The molecule has 0 N–H and O–H groups in total. The molecular weight excluding hydrogens is 452 g/mol. The lowest BCUT2D eigenvalue weighted by atomic mass is 10.00. The second-order valence-electron chi connectivity index (χ2n) is 9.66. The predicted octanol–water partition coefficient (Wildman–Crippen LogP) is 5.31. The molecule has 7 nitrogen and oxygen atoms in total. The first-order valence-corrected chi connectivity index (χ1v) is 12.3. The van der Waals surface area contributed by atoms with Gasteiger partial charge in [-0.15, -0.1) is 0 Å². The molecule has 1 saturated heterocycles. The maximum absolute atomic E-state index is 13.0. The van der Waals surface area contributed by atoms with Gasteiger partial charge in [0.1, 0.15) is 0 Å². The number of hydrogen-bond acceptors (Lipinski definition) is 5. The van der Waals surface area contributed by atoms with Crippen LogP contribution < -0.4 is 10.5 Å². The summed E-state index contributed by atoms with van der Waals surface area (Å²) < 4.78 is 1.63. The Balaban J connectivity index is 1.44. The first-order valence-electron chi connectivity index (χ1n) is 12.3.